The van der Waals surface area contributed by atoms with E-state index in [1.165, 1.54) is 24.0 Å². The number of imide groups is 1. The van der Waals surface area contributed by atoms with E-state index < -0.39 is 45.7 Å². The standard InChI is InChI=1S/C25H26N2O7S/c1-3-26(19-11-12-35(32,33)15-19)22(28)16(2)34-25(31)18-8-6-7-17(13-18)14-27-23(29)20-9-4-5-10-21(20)24(27)30/h4-10,13,16,19H,3,11-12,14-15H2,1-2H3/t16-,19+/m1/s1. The smallest absolute Gasteiger partial charge is 0.338 e. The number of carbonyl (C=O) groups is 4. The van der Waals surface area contributed by atoms with Crippen molar-refractivity contribution < 1.29 is 32.3 Å². The van der Waals surface area contributed by atoms with Crippen molar-refractivity contribution in [3.05, 3.63) is 70.8 Å². The van der Waals surface area contributed by atoms with Gasteiger partial charge in [-0.15, -0.1) is 0 Å². The molecule has 2 aliphatic rings. The van der Waals surface area contributed by atoms with Crippen molar-refractivity contribution in [2.75, 3.05) is 18.1 Å². The van der Waals surface area contributed by atoms with Gasteiger partial charge in [0, 0.05) is 12.6 Å². The number of hydrogen-bond acceptors (Lipinski definition) is 7. The van der Waals surface area contributed by atoms with E-state index in [2.05, 4.69) is 0 Å². The highest BCUT2D eigenvalue weighted by Gasteiger charge is 2.37. The molecule has 2 aliphatic heterocycles. The van der Waals surface area contributed by atoms with Crippen LogP contribution in [0.3, 0.4) is 0 Å². The fourth-order valence-electron chi connectivity index (χ4n) is 4.49. The topological polar surface area (TPSA) is 118 Å². The Morgan fingerprint density at radius 3 is 2.31 bits per heavy atom. The summed E-state index contributed by atoms with van der Waals surface area (Å²) in [6.45, 7) is 3.49. The van der Waals surface area contributed by atoms with Gasteiger partial charge in [0.2, 0.25) is 0 Å². The summed E-state index contributed by atoms with van der Waals surface area (Å²) in [6, 6.07) is 12.5. The van der Waals surface area contributed by atoms with E-state index in [0.717, 1.165) is 4.90 Å². The molecule has 0 aliphatic carbocycles. The van der Waals surface area contributed by atoms with Crippen LogP contribution < -0.4 is 0 Å². The highest BCUT2D eigenvalue weighted by Crippen LogP contribution is 2.25. The van der Waals surface area contributed by atoms with Crippen molar-refractivity contribution in [2.24, 2.45) is 0 Å². The number of nitrogens with zero attached hydrogens (tertiary/aromatic N) is 2. The molecule has 0 bridgehead atoms. The maximum absolute atomic E-state index is 12.9. The molecular weight excluding hydrogens is 472 g/mol. The SMILES string of the molecule is CCN(C(=O)[C@@H](C)OC(=O)c1cccc(CN2C(=O)c3ccccc3C2=O)c1)[C@H]1CCS(=O)(=O)C1. The Balaban J connectivity index is 1.42. The number of sulfone groups is 1. The number of amides is 3. The highest BCUT2D eigenvalue weighted by atomic mass is 32.2. The molecule has 0 aromatic heterocycles. The number of fused-ring (bicyclic) bond motifs is 1. The van der Waals surface area contributed by atoms with Crippen molar-refractivity contribution in [1.82, 2.24) is 9.80 Å². The van der Waals surface area contributed by atoms with E-state index in [1.54, 1.807) is 43.3 Å². The van der Waals surface area contributed by atoms with Gasteiger partial charge < -0.3 is 9.64 Å². The minimum atomic E-state index is -3.17. The third-order valence-corrected chi connectivity index (χ3v) is 8.04. The molecular formula is C25H26N2O7S. The van der Waals surface area contributed by atoms with Gasteiger partial charge in [0.05, 0.1) is 34.7 Å². The van der Waals surface area contributed by atoms with Crippen LogP contribution in [0, 0.1) is 0 Å². The molecule has 3 amide bonds. The molecule has 2 aromatic carbocycles. The molecule has 0 N–H and O–H groups in total. The van der Waals surface area contributed by atoms with Crippen LogP contribution >= 0.6 is 0 Å². The Labute approximate surface area is 203 Å². The van der Waals surface area contributed by atoms with Gasteiger partial charge in [-0.1, -0.05) is 24.3 Å². The lowest BCUT2D eigenvalue weighted by molar-refractivity contribution is -0.141. The van der Waals surface area contributed by atoms with Crippen molar-refractivity contribution in [3.63, 3.8) is 0 Å². The van der Waals surface area contributed by atoms with Crippen LogP contribution in [0.2, 0.25) is 0 Å². The second-order valence-electron chi connectivity index (χ2n) is 8.67. The summed E-state index contributed by atoms with van der Waals surface area (Å²) in [5, 5.41) is 0. The van der Waals surface area contributed by atoms with Gasteiger partial charge in [-0.25, -0.2) is 13.2 Å². The van der Waals surface area contributed by atoms with Crippen molar-refractivity contribution >= 4 is 33.5 Å². The van der Waals surface area contributed by atoms with Crippen molar-refractivity contribution in [2.45, 2.75) is 39.0 Å². The zero-order chi connectivity index (χ0) is 25.3. The van der Waals surface area contributed by atoms with E-state index in [1.807, 2.05) is 0 Å². The molecule has 0 saturated carbocycles. The zero-order valence-corrected chi connectivity index (χ0v) is 20.3. The summed E-state index contributed by atoms with van der Waals surface area (Å²) in [6.07, 6.45) is -0.742. The van der Waals surface area contributed by atoms with E-state index in [4.69, 9.17) is 4.74 Å². The van der Waals surface area contributed by atoms with Gasteiger partial charge in [-0.2, -0.15) is 0 Å². The highest BCUT2D eigenvalue weighted by molar-refractivity contribution is 7.91. The van der Waals surface area contributed by atoms with Crippen LogP contribution in [-0.2, 0) is 25.9 Å². The summed E-state index contributed by atoms with van der Waals surface area (Å²) in [5.74, 6) is -2.03. The monoisotopic (exact) mass is 498 g/mol. The number of likely N-dealkylation sites (N-methyl/N-ethyl adjacent to an activating group) is 1. The van der Waals surface area contributed by atoms with Crippen LogP contribution in [0.15, 0.2) is 48.5 Å². The lowest BCUT2D eigenvalue weighted by atomic mass is 10.1. The van der Waals surface area contributed by atoms with Gasteiger partial charge >= 0.3 is 5.97 Å². The quantitative estimate of drug-likeness (QED) is 0.424. The summed E-state index contributed by atoms with van der Waals surface area (Å²) in [5.41, 5.74) is 1.41. The molecule has 9 nitrogen and oxygen atoms in total. The van der Waals surface area contributed by atoms with Crippen LogP contribution in [-0.4, -0.2) is 72.1 Å². The molecule has 2 atom stereocenters. The fourth-order valence-corrected chi connectivity index (χ4v) is 6.22. The molecule has 0 radical (unpaired) electrons. The summed E-state index contributed by atoms with van der Waals surface area (Å²) < 4.78 is 29.0. The van der Waals surface area contributed by atoms with Crippen LogP contribution in [0.4, 0.5) is 0 Å². The first-order chi connectivity index (χ1) is 16.6. The van der Waals surface area contributed by atoms with E-state index in [-0.39, 0.29) is 23.6 Å². The van der Waals surface area contributed by atoms with Gasteiger partial charge in [0.25, 0.3) is 17.7 Å². The average molecular weight is 499 g/mol. The number of esters is 1. The van der Waals surface area contributed by atoms with E-state index in [9.17, 15) is 27.6 Å². The molecule has 1 saturated heterocycles. The molecule has 0 unspecified atom stereocenters. The molecule has 0 spiro atoms. The Morgan fingerprint density at radius 1 is 1.09 bits per heavy atom. The maximum Gasteiger partial charge on any atom is 0.338 e. The third-order valence-electron chi connectivity index (χ3n) is 6.29. The number of benzene rings is 2. The first-order valence-corrected chi connectivity index (χ1v) is 13.2. The summed E-state index contributed by atoms with van der Waals surface area (Å²) in [4.78, 5) is 53.5. The predicted molar refractivity (Wildman–Crippen MR) is 126 cm³/mol. The van der Waals surface area contributed by atoms with Gasteiger partial charge in [0.1, 0.15) is 0 Å². The first kappa shape index (κ1) is 24.6. The predicted octanol–water partition coefficient (Wildman–Crippen LogP) is 2.06. The fraction of sp³-hybridized carbons (Fsp3) is 0.360. The second-order valence-corrected chi connectivity index (χ2v) is 10.9. The molecule has 2 heterocycles. The van der Waals surface area contributed by atoms with Crippen LogP contribution in [0.25, 0.3) is 0 Å². The second kappa shape index (κ2) is 9.61. The zero-order valence-electron chi connectivity index (χ0n) is 19.5. The van der Waals surface area contributed by atoms with Crippen molar-refractivity contribution in [1.29, 1.82) is 0 Å². The minimum absolute atomic E-state index is 0.0122. The Bertz CT molecular complexity index is 1270. The Hall–Kier alpha value is -3.53. The number of carbonyl (C=O) groups excluding carboxylic acids is 4. The van der Waals surface area contributed by atoms with Crippen LogP contribution in [0.1, 0.15) is 56.9 Å². The molecule has 1 fully saturated rings. The lowest BCUT2D eigenvalue weighted by Crippen LogP contribution is -2.46. The Morgan fingerprint density at radius 2 is 1.74 bits per heavy atom. The minimum Gasteiger partial charge on any atom is -0.449 e. The summed E-state index contributed by atoms with van der Waals surface area (Å²) >= 11 is 0. The molecule has 35 heavy (non-hydrogen) atoms. The number of rotatable bonds is 7. The normalized spacial score (nSPS) is 19.4. The summed E-state index contributed by atoms with van der Waals surface area (Å²) in [7, 11) is -3.17. The molecule has 2 aromatic rings. The van der Waals surface area contributed by atoms with Gasteiger partial charge in [0.15, 0.2) is 15.9 Å². The van der Waals surface area contributed by atoms with E-state index in [0.29, 0.717) is 29.7 Å². The van der Waals surface area contributed by atoms with Crippen LogP contribution in [0.5, 0.6) is 0 Å². The Kier molecular flexibility index (Phi) is 6.75. The van der Waals surface area contributed by atoms with Crippen molar-refractivity contribution in [3.8, 4) is 0 Å². The largest absolute Gasteiger partial charge is 0.449 e. The third kappa shape index (κ3) is 4.97. The van der Waals surface area contributed by atoms with Gasteiger partial charge in [-0.05, 0) is 50.1 Å². The number of ether oxygens (including phenoxy) is 1. The molecule has 10 heteroatoms. The van der Waals surface area contributed by atoms with E-state index >= 15 is 0 Å². The molecule has 184 valence electrons. The first-order valence-electron chi connectivity index (χ1n) is 11.4. The maximum atomic E-state index is 12.9. The number of hydrogen-bond donors (Lipinski definition) is 0. The average Bonchev–Trinajstić information content (AvgIpc) is 3.31. The lowest BCUT2D eigenvalue weighted by Gasteiger charge is -2.29. The van der Waals surface area contributed by atoms with Gasteiger partial charge in [-0.3, -0.25) is 19.3 Å². The molecule has 4 rings (SSSR count).